The largest absolute Gasteiger partial charge is 0.310 e. The summed E-state index contributed by atoms with van der Waals surface area (Å²) in [5, 5.41) is 11.1. The first-order valence-electron chi connectivity index (χ1n) is 11.3. The standard InChI is InChI=1S/C25H26N8O/c1-17(2)33-16-28-31-24(33)21-7-5-8-23(29-21)30-25(34)22-12-19-14-32(11-9-18(19)13-27-22)15-20-6-3-4-10-26-20/h3-8,10,12-13,16-17H,9,11,14-15H2,1-2H3,(H,29,30,34). The van der Waals surface area contributed by atoms with Crippen LogP contribution in [-0.4, -0.2) is 47.1 Å². The van der Waals surface area contributed by atoms with Crippen LogP contribution in [0.4, 0.5) is 5.82 Å². The van der Waals surface area contributed by atoms with Crippen molar-refractivity contribution in [1.82, 2.24) is 34.6 Å². The number of aromatic nitrogens is 6. The Labute approximate surface area is 197 Å². The van der Waals surface area contributed by atoms with E-state index in [-0.39, 0.29) is 11.9 Å². The van der Waals surface area contributed by atoms with Gasteiger partial charge in [-0.05, 0) is 61.7 Å². The van der Waals surface area contributed by atoms with E-state index in [4.69, 9.17) is 0 Å². The predicted octanol–water partition coefficient (Wildman–Crippen LogP) is 3.52. The fraction of sp³-hybridized carbons (Fsp3) is 0.280. The van der Waals surface area contributed by atoms with Gasteiger partial charge in [0, 0.05) is 38.1 Å². The highest BCUT2D eigenvalue weighted by atomic mass is 16.1. The molecule has 0 saturated heterocycles. The van der Waals surface area contributed by atoms with Crippen LogP contribution in [0.3, 0.4) is 0 Å². The van der Waals surface area contributed by atoms with E-state index in [2.05, 4.69) is 49.2 Å². The molecule has 0 bridgehead atoms. The molecule has 9 nitrogen and oxygen atoms in total. The molecule has 1 N–H and O–H groups in total. The molecule has 1 amide bonds. The number of carbonyl (C=O) groups is 1. The Balaban J connectivity index is 1.31. The van der Waals surface area contributed by atoms with Crippen molar-refractivity contribution < 1.29 is 4.79 Å². The Hall–Kier alpha value is -3.98. The van der Waals surface area contributed by atoms with E-state index in [1.807, 2.05) is 53.4 Å². The molecule has 4 aromatic rings. The molecule has 1 aliphatic rings. The Morgan fingerprint density at radius 3 is 2.85 bits per heavy atom. The fourth-order valence-corrected chi connectivity index (χ4v) is 4.09. The minimum absolute atomic E-state index is 0.196. The molecule has 5 heterocycles. The van der Waals surface area contributed by atoms with Crippen molar-refractivity contribution in [2.24, 2.45) is 0 Å². The molecular weight excluding hydrogens is 428 g/mol. The molecule has 0 aliphatic carbocycles. The lowest BCUT2D eigenvalue weighted by Gasteiger charge is -2.28. The molecule has 9 heteroatoms. The van der Waals surface area contributed by atoms with Crippen LogP contribution in [0.2, 0.25) is 0 Å². The zero-order valence-corrected chi connectivity index (χ0v) is 19.2. The lowest BCUT2D eigenvalue weighted by molar-refractivity contribution is 0.102. The predicted molar refractivity (Wildman–Crippen MR) is 128 cm³/mol. The third kappa shape index (κ3) is 4.69. The monoisotopic (exact) mass is 454 g/mol. The number of carbonyl (C=O) groups excluding carboxylic acids is 1. The fourth-order valence-electron chi connectivity index (χ4n) is 4.09. The van der Waals surface area contributed by atoms with Gasteiger partial charge in [0.1, 0.15) is 23.5 Å². The van der Waals surface area contributed by atoms with Gasteiger partial charge in [-0.15, -0.1) is 10.2 Å². The first-order valence-corrected chi connectivity index (χ1v) is 11.3. The number of nitrogens with one attached hydrogen (secondary N) is 1. The van der Waals surface area contributed by atoms with Gasteiger partial charge in [-0.3, -0.25) is 19.7 Å². The molecule has 0 atom stereocenters. The third-order valence-corrected chi connectivity index (χ3v) is 5.87. The van der Waals surface area contributed by atoms with E-state index in [0.717, 1.165) is 37.3 Å². The zero-order valence-electron chi connectivity index (χ0n) is 19.2. The molecule has 0 radical (unpaired) electrons. The number of amides is 1. The minimum atomic E-state index is -0.292. The van der Waals surface area contributed by atoms with Gasteiger partial charge in [-0.2, -0.15) is 0 Å². The van der Waals surface area contributed by atoms with Crippen LogP contribution < -0.4 is 5.32 Å². The molecule has 0 spiro atoms. The van der Waals surface area contributed by atoms with E-state index in [1.165, 1.54) is 5.56 Å². The number of nitrogens with zero attached hydrogens (tertiary/aromatic N) is 7. The molecular formula is C25H26N8O. The number of anilines is 1. The van der Waals surface area contributed by atoms with Crippen molar-refractivity contribution in [2.75, 3.05) is 11.9 Å². The summed E-state index contributed by atoms with van der Waals surface area (Å²) in [6.07, 6.45) is 6.21. The average Bonchev–Trinajstić information content (AvgIpc) is 3.35. The summed E-state index contributed by atoms with van der Waals surface area (Å²) in [4.78, 5) is 28.7. The highest BCUT2D eigenvalue weighted by Gasteiger charge is 2.20. The van der Waals surface area contributed by atoms with Gasteiger partial charge < -0.3 is 9.88 Å². The maximum absolute atomic E-state index is 13.0. The number of hydrogen-bond acceptors (Lipinski definition) is 7. The highest BCUT2D eigenvalue weighted by Crippen LogP contribution is 2.22. The highest BCUT2D eigenvalue weighted by molar-refractivity contribution is 6.02. The lowest BCUT2D eigenvalue weighted by atomic mass is 10.0. The second-order valence-electron chi connectivity index (χ2n) is 8.64. The molecule has 0 aromatic carbocycles. The lowest BCUT2D eigenvalue weighted by Crippen LogP contribution is -2.31. The smallest absolute Gasteiger partial charge is 0.275 e. The molecule has 0 saturated carbocycles. The van der Waals surface area contributed by atoms with E-state index in [1.54, 1.807) is 12.4 Å². The Morgan fingerprint density at radius 1 is 1.12 bits per heavy atom. The summed E-state index contributed by atoms with van der Waals surface area (Å²) >= 11 is 0. The van der Waals surface area contributed by atoms with Crippen LogP contribution in [0.15, 0.2) is 61.2 Å². The summed E-state index contributed by atoms with van der Waals surface area (Å²) in [5.41, 5.74) is 4.36. The van der Waals surface area contributed by atoms with Gasteiger partial charge in [-0.1, -0.05) is 12.1 Å². The summed E-state index contributed by atoms with van der Waals surface area (Å²) in [6.45, 7) is 6.58. The first-order chi connectivity index (χ1) is 16.6. The summed E-state index contributed by atoms with van der Waals surface area (Å²) in [6, 6.07) is 13.5. The second kappa shape index (κ2) is 9.48. The van der Waals surface area contributed by atoms with Crippen molar-refractivity contribution in [1.29, 1.82) is 0 Å². The molecule has 34 heavy (non-hydrogen) atoms. The van der Waals surface area contributed by atoms with Crippen molar-refractivity contribution in [3.8, 4) is 11.5 Å². The molecule has 4 aromatic heterocycles. The summed E-state index contributed by atoms with van der Waals surface area (Å²) in [7, 11) is 0. The van der Waals surface area contributed by atoms with E-state index < -0.39 is 0 Å². The van der Waals surface area contributed by atoms with Gasteiger partial charge in [0.15, 0.2) is 5.82 Å². The van der Waals surface area contributed by atoms with Gasteiger partial charge in [0.25, 0.3) is 5.91 Å². The molecule has 0 unspecified atom stereocenters. The average molecular weight is 455 g/mol. The Bertz CT molecular complexity index is 1300. The van der Waals surface area contributed by atoms with Crippen LogP contribution >= 0.6 is 0 Å². The number of fused-ring (bicyclic) bond motifs is 1. The van der Waals surface area contributed by atoms with Gasteiger partial charge in [0.2, 0.25) is 0 Å². The molecule has 1 aliphatic heterocycles. The quantitative estimate of drug-likeness (QED) is 0.476. The number of pyridine rings is 3. The summed E-state index contributed by atoms with van der Waals surface area (Å²) in [5.74, 6) is 0.808. The molecule has 5 rings (SSSR count). The van der Waals surface area contributed by atoms with Gasteiger partial charge in [-0.25, -0.2) is 4.98 Å². The van der Waals surface area contributed by atoms with Crippen LogP contribution in [-0.2, 0) is 19.5 Å². The Morgan fingerprint density at radius 2 is 2.03 bits per heavy atom. The Kier molecular flexibility index (Phi) is 6.09. The van der Waals surface area contributed by atoms with Crippen molar-refractivity contribution in [3.05, 3.63) is 83.7 Å². The maximum atomic E-state index is 13.0. The minimum Gasteiger partial charge on any atom is -0.310 e. The number of hydrogen-bond donors (Lipinski definition) is 1. The van der Waals surface area contributed by atoms with Crippen LogP contribution in [0, 0.1) is 0 Å². The van der Waals surface area contributed by atoms with Crippen molar-refractivity contribution >= 4 is 11.7 Å². The molecule has 172 valence electrons. The van der Waals surface area contributed by atoms with Crippen LogP contribution in [0.25, 0.3) is 11.5 Å². The number of rotatable bonds is 6. The van der Waals surface area contributed by atoms with Gasteiger partial charge >= 0.3 is 0 Å². The second-order valence-corrected chi connectivity index (χ2v) is 8.64. The van der Waals surface area contributed by atoms with E-state index >= 15 is 0 Å². The van der Waals surface area contributed by atoms with Crippen molar-refractivity contribution in [2.45, 2.75) is 39.4 Å². The van der Waals surface area contributed by atoms with Gasteiger partial charge in [0.05, 0.1) is 5.69 Å². The summed E-state index contributed by atoms with van der Waals surface area (Å²) < 4.78 is 1.94. The van der Waals surface area contributed by atoms with E-state index in [0.29, 0.717) is 23.0 Å². The zero-order chi connectivity index (χ0) is 23.5. The topological polar surface area (TPSA) is 102 Å². The molecule has 0 fully saturated rings. The normalized spacial score (nSPS) is 13.6. The van der Waals surface area contributed by atoms with E-state index in [9.17, 15) is 4.79 Å². The SMILES string of the molecule is CC(C)n1cnnc1-c1cccc(NC(=O)c2cc3c(cn2)CCN(Cc2ccccn2)C3)n1. The maximum Gasteiger partial charge on any atom is 0.275 e. The van der Waals surface area contributed by atoms with Crippen molar-refractivity contribution in [3.63, 3.8) is 0 Å². The van der Waals surface area contributed by atoms with Crippen LogP contribution in [0.1, 0.15) is 47.2 Å². The van der Waals surface area contributed by atoms with Crippen LogP contribution in [0.5, 0.6) is 0 Å². The first kappa shape index (κ1) is 21.8. The third-order valence-electron chi connectivity index (χ3n) is 5.87.